The summed E-state index contributed by atoms with van der Waals surface area (Å²) in [6.45, 7) is 12.2. The van der Waals surface area contributed by atoms with E-state index in [0.717, 1.165) is 44.9 Å². The minimum Gasteiger partial charge on any atom is -0.469 e. The van der Waals surface area contributed by atoms with Crippen LogP contribution in [0.2, 0.25) is 0 Å². The minimum atomic E-state index is -0.503. The number of ether oxygens (including phenoxy) is 1. The van der Waals surface area contributed by atoms with Crippen LogP contribution in [0.4, 0.5) is 0 Å². The highest BCUT2D eigenvalue weighted by Gasteiger charge is 2.72. The van der Waals surface area contributed by atoms with Crippen molar-refractivity contribution >= 4 is 11.9 Å². The van der Waals surface area contributed by atoms with Gasteiger partial charge in [0.15, 0.2) is 0 Å². The second-order valence-electron chi connectivity index (χ2n) is 14.5. The molecular weight excluding hydrogens is 438 g/mol. The summed E-state index contributed by atoms with van der Waals surface area (Å²) < 4.78 is 5.43. The molecule has 0 aromatic carbocycles. The summed E-state index contributed by atoms with van der Waals surface area (Å²) >= 11 is 0. The molecule has 10 atom stereocenters. The van der Waals surface area contributed by atoms with Gasteiger partial charge in [-0.3, -0.25) is 9.59 Å². The summed E-state index contributed by atoms with van der Waals surface area (Å²) in [4.78, 5) is 26.4. The average molecular weight is 488 g/mol. The Balaban J connectivity index is 1.56. The number of hydrogen-bond donors (Lipinski definition) is 2. The zero-order chi connectivity index (χ0) is 25.6. The van der Waals surface area contributed by atoms with Gasteiger partial charge in [0.1, 0.15) is 0 Å². The highest BCUT2D eigenvalue weighted by Crippen LogP contribution is 2.77. The number of nitrogens with one attached hydrogen (secondary N) is 1. The van der Waals surface area contributed by atoms with E-state index in [2.05, 4.69) is 39.9 Å². The third-order valence-corrected chi connectivity index (χ3v) is 13.6. The molecule has 5 nitrogen and oxygen atoms in total. The van der Waals surface area contributed by atoms with Crippen LogP contribution in [0.1, 0.15) is 98.8 Å². The predicted molar refractivity (Wildman–Crippen MR) is 136 cm³/mol. The van der Waals surface area contributed by atoms with Gasteiger partial charge in [0.25, 0.3) is 0 Å². The molecule has 5 aliphatic rings. The lowest BCUT2D eigenvalue weighted by Gasteiger charge is -2.72. The van der Waals surface area contributed by atoms with Crippen LogP contribution < -0.4 is 5.32 Å². The van der Waals surface area contributed by atoms with Gasteiger partial charge in [0, 0.05) is 13.0 Å². The fourth-order valence-electron chi connectivity index (χ4n) is 11.6. The molecule has 0 bridgehead atoms. The summed E-state index contributed by atoms with van der Waals surface area (Å²) in [6, 6.07) is 0. The normalized spacial score (nSPS) is 52.3. The van der Waals surface area contributed by atoms with Crippen LogP contribution in [0.15, 0.2) is 0 Å². The van der Waals surface area contributed by atoms with Gasteiger partial charge in [0.2, 0.25) is 5.91 Å². The molecule has 1 amide bonds. The molecule has 0 saturated heterocycles. The molecule has 0 aromatic heterocycles. The number of methoxy groups -OCH3 is 1. The van der Waals surface area contributed by atoms with E-state index < -0.39 is 5.41 Å². The maximum Gasteiger partial charge on any atom is 0.312 e. The van der Waals surface area contributed by atoms with Gasteiger partial charge < -0.3 is 15.2 Å². The molecule has 5 rings (SSSR count). The number of hydrogen-bond acceptors (Lipinski definition) is 4. The average Bonchev–Trinajstić information content (AvgIpc) is 3.22. The van der Waals surface area contributed by atoms with Crippen molar-refractivity contribution in [3.63, 3.8) is 0 Å². The molecule has 0 spiro atoms. The van der Waals surface area contributed by atoms with Gasteiger partial charge in [-0.05, 0) is 110 Å². The quantitative estimate of drug-likeness (QED) is 0.515. The highest BCUT2D eigenvalue weighted by molar-refractivity contribution is 5.84. The molecule has 0 aromatic rings. The summed E-state index contributed by atoms with van der Waals surface area (Å²) in [5.41, 5.74) is -0.0389. The van der Waals surface area contributed by atoms with Crippen molar-refractivity contribution in [2.45, 2.75) is 105 Å². The van der Waals surface area contributed by atoms with Crippen LogP contribution in [-0.4, -0.2) is 37.2 Å². The Morgan fingerprint density at radius 3 is 2.20 bits per heavy atom. The molecule has 0 heterocycles. The van der Waals surface area contributed by atoms with Crippen LogP contribution in [0.25, 0.3) is 0 Å². The zero-order valence-corrected chi connectivity index (χ0v) is 23.2. The number of aliphatic hydroxyl groups is 1. The third-order valence-electron chi connectivity index (χ3n) is 13.6. The van der Waals surface area contributed by atoms with Gasteiger partial charge in [-0.2, -0.15) is 0 Å². The van der Waals surface area contributed by atoms with Crippen LogP contribution in [0.3, 0.4) is 0 Å². The van der Waals surface area contributed by atoms with E-state index in [0.29, 0.717) is 17.8 Å². The van der Waals surface area contributed by atoms with Gasteiger partial charge in [-0.15, -0.1) is 0 Å². The summed E-state index contributed by atoms with van der Waals surface area (Å²) in [7, 11) is 3.26. The van der Waals surface area contributed by atoms with Crippen molar-refractivity contribution in [2.24, 2.45) is 56.7 Å². The van der Waals surface area contributed by atoms with E-state index >= 15 is 0 Å². The number of rotatable bonds is 2. The lowest BCUT2D eigenvalue weighted by Crippen LogP contribution is -2.67. The van der Waals surface area contributed by atoms with Crippen molar-refractivity contribution in [3.8, 4) is 0 Å². The standard InChI is InChI=1S/C30H49NO4/c1-26(2)20-11-14-29(5)21(27(20,3)13-12-22(26)32)9-8-19-23-18(24(33)31-6)10-15-30(23,25(34)35-7)17-16-28(19,29)4/h18-23,32H,8-17H2,1-7H3,(H,31,33)/t18-,19-,20+,21-,22+,23-,27+,28-,29-,30+/m1/s1. The number of aliphatic hydroxyl groups excluding tert-OH is 1. The summed E-state index contributed by atoms with van der Waals surface area (Å²) in [5.74, 6) is 1.52. The van der Waals surface area contributed by atoms with E-state index in [1.54, 1.807) is 7.05 Å². The lowest BCUT2D eigenvalue weighted by atomic mass is 9.32. The number of esters is 1. The maximum atomic E-state index is 13.3. The molecule has 2 N–H and O–H groups in total. The van der Waals surface area contributed by atoms with Crippen molar-refractivity contribution in [1.82, 2.24) is 5.32 Å². The second kappa shape index (κ2) is 7.95. The van der Waals surface area contributed by atoms with Gasteiger partial charge in [-0.25, -0.2) is 0 Å². The minimum absolute atomic E-state index is 0.0472. The molecule has 5 aliphatic carbocycles. The fourth-order valence-corrected chi connectivity index (χ4v) is 11.6. The zero-order valence-electron chi connectivity index (χ0n) is 23.2. The van der Waals surface area contributed by atoms with E-state index in [-0.39, 0.29) is 51.5 Å². The lowest BCUT2D eigenvalue weighted by molar-refractivity contribution is -0.248. The number of fused-ring (bicyclic) bond motifs is 7. The van der Waals surface area contributed by atoms with Crippen molar-refractivity contribution in [1.29, 1.82) is 0 Å². The topological polar surface area (TPSA) is 75.6 Å². The Labute approximate surface area is 212 Å². The first-order valence-corrected chi connectivity index (χ1v) is 14.3. The molecule has 5 heteroatoms. The largest absolute Gasteiger partial charge is 0.469 e. The molecule has 35 heavy (non-hydrogen) atoms. The van der Waals surface area contributed by atoms with E-state index in [4.69, 9.17) is 4.74 Å². The fraction of sp³-hybridized carbons (Fsp3) is 0.933. The smallest absolute Gasteiger partial charge is 0.312 e. The predicted octanol–water partition coefficient (Wildman–Crippen LogP) is 5.35. The first-order valence-electron chi connectivity index (χ1n) is 14.3. The van der Waals surface area contributed by atoms with Crippen molar-refractivity contribution in [3.05, 3.63) is 0 Å². The highest BCUT2D eigenvalue weighted by atomic mass is 16.5. The summed E-state index contributed by atoms with van der Waals surface area (Å²) in [5, 5.41) is 13.8. The Hall–Kier alpha value is -1.10. The molecule has 0 unspecified atom stereocenters. The Morgan fingerprint density at radius 2 is 1.54 bits per heavy atom. The monoisotopic (exact) mass is 487 g/mol. The third kappa shape index (κ3) is 3.03. The van der Waals surface area contributed by atoms with E-state index in [1.165, 1.54) is 26.4 Å². The first-order chi connectivity index (χ1) is 16.3. The van der Waals surface area contributed by atoms with Crippen LogP contribution >= 0.6 is 0 Å². The summed E-state index contributed by atoms with van der Waals surface area (Å²) in [6.07, 6.45) is 9.88. The molecule has 0 aliphatic heterocycles. The van der Waals surface area contributed by atoms with Crippen molar-refractivity contribution < 1.29 is 19.4 Å². The first kappa shape index (κ1) is 25.5. The Kier molecular flexibility index (Phi) is 5.80. The maximum absolute atomic E-state index is 13.3. The molecular formula is C30H49NO4. The van der Waals surface area contributed by atoms with E-state index in [1.807, 2.05) is 0 Å². The van der Waals surface area contributed by atoms with Gasteiger partial charge in [-0.1, -0.05) is 34.6 Å². The second-order valence-corrected chi connectivity index (χ2v) is 14.5. The number of carbonyl (C=O) groups excluding carboxylic acids is 2. The van der Waals surface area contributed by atoms with Crippen molar-refractivity contribution in [2.75, 3.05) is 14.2 Å². The Bertz CT molecular complexity index is 901. The SMILES string of the molecule is CNC(=O)[C@@H]1CC[C@]2(C(=O)OC)CC[C@]3(C)[C@H](CC[C@@H]4[C@@]5(C)CC[C@H](O)C(C)(C)[C@@H]5CC[C@]43C)[C@@H]12. The molecule has 198 valence electrons. The molecule has 0 radical (unpaired) electrons. The molecule has 5 saturated carbocycles. The van der Waals surface area contributed by atoms with E-state index in [9.17, 15) is 14.7 Å². The molecule has 5 fully saturated rings. The Morgan fingerprint density at radius 1 is 0.829 bits per heavy atom. The van der Waals surface area contributed by atoms with Crippen LogP contribution in [-0.2, 0) is 14.3 Å². The number of carbonyl (C=O) groups is 2. The number of amides is 1. The van der Waals surface area contributed by atoms with Gasteiger partial charge in [0.05, 0.1) is 18.6 Å². The van der Waals surface area contributed by atoms with Crippen LogP contribution in [0.5, 0.6) is 0 Å². The van der Waals surface area contributed by atoms with Gasteiger partial charge >= 0.3 is 5.97 Å². The van der Waals surface area contributed by atoms with Crippen LogP contribution in [0, 0.1) is 56.7 Å².